The fraction of sp³-hybridized carbons (Fsp3) is 0.345. The second kappa shape index (κ2) is 10.7. The Balaban J connectivity index is 1.55. The number of nitrogens with zero attached hydrogens (tertiary/aromatic N) is 2. The lowest BCUT2D eigenvalue weighted by Crippen LogP contribution is -2.28. The highest BCUT2D eigenvalue weighted by atomic mass is 35.5. The van der Waals surface area contributed by atoms with Gasteiger partial charge in [-0.15, -0.1) is 0 Å². The standard InChI is InChI=1S/C29H31ClFN3O3S/c1-18-5-6-19(9-12-34-10-3-4-11-34)13-26(18)33-28-22-14-20(21-15-23(30)29(35)24(31)16-21)7-8-25(22)32-17-27(28)38(2,36)37/h5-8,13-18,26,35H,3-4,9-12H2,1-2H3,(H,32,33). The third kappa shape index (κ3) is 5.58. The molecule has 2 aliphatic rings. The highest BCUT2D eigenvalue weighted by Crippen LogP contribution is 2.37. The maximum absolute atomic E-state index is 14.2. The smallest absolute Gasteiger partial charge is 0.179 e. The summed E-state index contributed by atoms with van der Waals surface area (Å²) in [5.41, 5.74) is 3.37. The molecule has 1 aliphatic carbocycles. The minimum Gasteiger partial charge on any atom is -0.504 e. The summed E-state index contributed by atoms with van der Waals surface area (Å²) in [6.45, 7) is 5.40. The Morgan fingerprint density at radius 1 is 1.18 bits per heavy atom. The number of phenols is 1. The Labute approximate surface area is 227 Å². The van der Waals surface area contributed by atoms with E-state index in [-0.39, 0.29) is 21.9 Å². The molecule has 5 rings (SSSR count). The number of rotatable bonds is 7. The number of pyridine rings is 1. The SMILES string of the molecule is CC1C=CC(CCN2CCCC2)=CC1Nc1c(S(C)(=O)=O)cnc2ccc(-c3cc(F)c(O)c(Cl)c3)cc12. The summed E-state index contributed by atoms with van der Waals surface area (Å²) in [4.78, 5) is 6.98. The number of hydrogen-bond acceptors (Lipinski definition) is 6. The molecular formula is C29H31ClFN3O3S. The first-order chi connectivity index (χ1) is 18.1. The molecule has 1 aliphatic heterocycles. The lowest BCUT2D eigenvalue weighted by molar-refractivity contribution is 0.343. The first kappa shape index (κ1) is 26.7. The van der Waals surface area contributed by atoms with Crippen LogP contribution in [-0.4, -0.2) is 55.3 Å². The number of aromatic nitrogens is 1. The zero-order chi connectivity index (χ0) is 27.0. The van der Waals surface area contributed by atoms with Crippen LogP contribution >= 0.6 is 11.6 Å². The Morgan fingerprint density at radius 3 is 2.66 bits per heavy atom. The van der Waals surface area contributed by atoms with E-state index < -0.39 is 21.4 Å². The van der Waals surface area contributed by atoms with Crippen LogP contribution in [0.5, 0.6) is 5.75 Å². The van der Waals surface area contributed by atoms with Gasteiger partial charge in [-0.2, -0.15) is 0 Å². The van der Waals surface area contributed by atoms with Gasteiger partial charge in [0, 0.05) is 24.4 Å². The van der Waals surface area contributed by atoms with Gasteiger partial charge in [0.05, 0.1) is 22.3 Å². The zero-order valence-corrected chi connectivity index (χ0v) is 23.0. The first-order valence-electron chi connectivity index (χ1n) is 12.8. The van der Waals surface area contributed by atoms with Gasteiger partial charge in [0.1, 0.15) is 4.90 Å². The summed E-state index contributed by atoms with van der Waals surface area (Å²) in [5, 5.41) is 13.8. The molecule has 200 valence electrons. The van der Waals surface area contributed by atoms with Gasteiger partial charge in [-0.05, 0) is 79.2 Å². The molecule has 3 aromatic rings. The average molecular weight is 556 g/mol. The van der Waals surface area contributed by atoms with Crippen LogP contribution in [0.1, 0.15) is 26.2 Å². The molecule has 2 heterocycles. The lowest BCUT2D eigenvalue weighted by atomic mass is 9.91. The van der Waals surface area contributed by atoms with Crippen molar-refractivity contribution in [2.45, 2.75) is 37.1 Å². The summed E-state index contributed by atoms with van der Waals surface area (Å²) < 4.78 is 39.8. The van der Waals surface area contributed by atoms with Gasteiger partial charge < -0.3 is 15.3 Å². The van der Waals surface area contributed by atoms with Crippen LogP contribution in [0.2, 0.25) is 5.02 Å². The number of phenolic OH excluding ortho intramolecular Hbond substituents is 1. The van der Waals surface area contributed by atoms with Gasteiger partial charge in [-0.25, -0.2) is 12.8 Å². The fourth-order valence-electron chi connectivity index (χ4n) is 5.15. The number of likely N-dealkylation sites (tertiary alicyclic amines) is 1. The van der Waals surface area contributed by atoms with Crippen molar-refractivity contribution < 1.29 is 17.9 Å². The van der Waals surface area contributed by atoms with E-state index in [1.54, 1.807) is 18.2 Å². The number of fused-ring (bicyclic) bond motifs is 1. The molecule has 0 bridgehead atoms. The van der Waals surface area contributed by atoms with Gasteiger partial charge in [-0.3, -0.25) is 4.98 Å². The van der Waals surface area contributed by atoms with Crippen molar-refractivity contribution in [1.82, 2.24) is 9.88 Å². The van der Waals surface area contributed by atoms with E-state index >= 15 is 0 Å². The second-order valence-corrected chi connectivity index (χ2v) is 12.6. The van der Waals surface area contributed by atoms with Gasteiger partial charge in [0.25, 0.3) is 0 Å². The number of halogens is 2. The summed E-state index contributed by atoms with van der Waals surface area (Å²) in [6, 6.07) is 7.87. The molecule has 6 nitrogen and oxygen atoms in total. The van der Waals surface area contributed by atoms with E-state index in [2.05, 4.69) is 40.4 Å². The predicted octanol–water partition coefficient (Wildman–Crippen LogP) is 6.20. The quantitative estimate of drug-likeness (QED) is 0.361. The minimum atomic E-state index is -3.61. The summed E-state index contributed by atoms with van der Waals surface area (Å²) in [6.07, 6.45) is 12.5. The molecule has 0 spiro atoms. The normalized spacial score (nSPS) is 20.2. The van der Waals surface area contributed by atoms with Gasteiger partial charge in [0.2, 0.25) is 0 Å². The number of aromatic hydroxyl groups is 1. The molecule has 9 heteroatoms. The molecule has 1 saturated heterocycles. The third-order valence-electron chi connectivity index (χ3n) is 7.38. The predicted molar refractivity (Wildman–Crippen MR) is 151 cm³/mol. The van der Waals surface area contributed by atoms with Gasteiger partial charge in [0.15, 0.2) is 21.4 Å². The second-order valence-electron chi connectivity index (χ2n) is 10.2. The highest BCUT2D eigenvalue weighted by molar-refractivity contribution is 7.90. The number of benzene rings is 2. The number of anilines is 1. The van der Waals surface area contributed by atoms with Crippen LogP contribution in [0.4, 0.5) is 10.1 Å². The summed E-state index contributed by atoms with van der Waals surface area (Å²) in [5.74, 6) is -1.30. The van der Waals surface area contributed by atoms with Crippen molar-refractivity contribution >= 4 is 38.0 Å². The van der Waals surface area contributed by atoms with Crippen molar-refractivity contribution in [1.29, 1.82) is 0 Å². The zero-order valence-electron chi connectivity index (χ0n) is 21.4. The Hall–Kier alpha value is -2.94. The minimum absolute atomic E-state index is 0.101. The molecule has 2 aromatic carbocycles. The van der Waals surface area contributed by atoms with E-state index in [4.69, 9.17) is 11.6 Å². The van der Waals surface area contributed by atoms with Gasteiger partial charge >= 0.3 is 0 Å². The molecule has 38 heavy (non-hydrogen) atoms. The van der Waals surface area contributed by atoms with Crippen molar-refractivity contribution in [3.05, 3.63) is 71.2 Å². The number of sulfone groups is 1. The van der Waals surface area contributed by atoms with Crippen LogP contribution in [0.15, 0.2) is 65.2 Å². The molecule has 0 saturated carbocycles. The van der Waals surface area contributed by atoms with Crippen molar-refractivity contribution in [2.75, 3.05) is 31.2 Å². The summed E-state index contributed by atoms with van der Waals surface area (Å²) in [7, 11) is -3.61. The molecule has 0 radical (unpaired) electrons. The lowest BCUT2D eigenvalue weighted by Gasteiger charge is -2.27. The third-order valence-corrected chi connectivity index (χ3v) is 8.78. The van der Waals surface area contributed by atoms with E-state index in [1.807, 2.05) is 0 Å². The Kier molecular flexibility index (Phi) is 7.49. The van der Waals surface area contributed by atoms with Crippen LogP contribution in [-0.2, 0) is 9.84 Å². The van der Waals surface area contributed by atoms with Gasteiger partial charge in [-0.1, -0.05) is 42.8 Å². The maximum Gasteiger partial charge on any atom is 0.179 e. The topological polar surface area (TPSA) is 82.5 Å². The van der Waals surface area contributed by atoms with Crippen LogP contribution in [0.25, 0.3) is 22.0 Å². The molecule has 2 N–H and O–H groups in total. The number of hydrogen-bond donors (Lipinski definition) is 2. The molecule has 0 amide bonds. The molecule has 2 atom stereocenters. The first-order valence-corrected chi connectivity index (χ1v) is 15.1. The maximum atomic E-state index is 14.2. The van der Waals surface area contributed by atoms with E-state index in [1.165, 1.54) is 43.0 Å². The summed E-state index contributed by atoms with van der Waals surface area (Å²) >= 11 is 6.02. The molecule has 1 fully saturated rings. The largest absolute Gasteiger partial charge is 0.504 e. The van der Waals surface area contributed by atoms with Crippen LogP contribution in [0, 0.1) is 11.7 Å². The van der Waals surface area contributed by atoms with Crippen molar-refractivity contribution in [3.63, 3.8) is 0 Å². The van der Waals surface area contributed by atoms with Crippen LogP contribution < -0.4 is 5.32 Å². The average Bonchev–Trinajstić information content (AvgIpc) is 3.40. The van der Waals surface area contributed by atoms with E-state index in [0.29, 0.717) is 27.7 Å². The van der Waals surface area contributed by atoms with Crippen molar-refractivity contribution in [3.8, 4) is 16.9 Å². The highest BCUT2D eigenvalue weighted by Gasteiger charge is 2.24. The van der Waals surface area contributed by atoms with Crippen molar-refractivity contribution in [2.24, 2.45) is 5.92 Å². The molecular weight excluding hydrogens is 525 g/mol. The Morgan fingerprint density at radius 2 is 1.95 bits per heavy atom. The van der Waals surface area contributed by atoms with E-state index in [0.717, 1.165) is 26.1 Å². The Bertz CT molecular complexity index is 1530. The monoisotopic (exact) mass is 555 g/mol. The fourth-order valence-corrected chi connectivity index (χ4v) is 6.14. The molecule has 1 aromatic heterocycles. The number of nitrogens with one attached hydrogen (secondary N) is 1. The van der Waals surface area contributed by atoms with E-state index in [9.17, 15) is 17.9 Å². The van der Waals surface area contributed by atoms with Crippen LogP contribution in [0.3, 0.4) is 0 Å². The number of allylic oxidation sites excluding steroid dienone is 1. The molecule has 2 unspecified atom stereocenters.